The number of primary amides is 1. The van der Waals surface area contributed by atoms with Crippen molar-refractivity contribution >= 4 is 17.1 Å². The Morgan fingerprint density at radius 2 is 2.00 bits per heavy atom. The molecule has 0 saturated heterocycles. The molecule has 0 aliphatic heterocycles. The van der Waals surface area contributed by atoms with Crippen molar-refractivity contribution in [2.45, 2.75) is 6.54 Å². The molecule has 0 unspecified atom stereocenters. The van der Waals surface area contributed by atoms with Gasteiger partial charge in [0.1, 0.15) is 12.1 Å². The molecular weight excluding hydrogens is 242 g/mol. The SMILES string of the molecule is NC(=O)Cn1cnc2cnc(-c3ccccc3)nc21. The number of carbonyl (C=O) groups excluding carboxylic acids is 1. The van der Waals surface area contributed by atoms with Gasteiger partial charge in [-0.1, -0.05) is 30.3 Å². The third-order valence-electron chi connectivity index (χ3n) is 2.72. The Balaban J connectivity index is 2.11. The van der Waals surface area contributed by atoms with Crippen molar-refractivity contribution in [2.75, 3.05) is 0 Å². The van der Waals surface area contributed by atoms with Gasteiger partial charge in [0.25, 0.3) is 0 Å². The Labute approximate surface area is 108 Å². The summed E-state index contributed by atoms with van der Waals surface area (Å²) in [7, 11) is 0. The molecule has 19 heavy (non-hydrogen) atoms. The van der Waals surface area contributed by atoms with E-state index in [4.69, 9.17) is 5.73 Å². The van der Waals surface area contributed by atoms with Crippen molar-refractivity contribution in [3.63, 3.8) is 0 Å². The monoisotopic (exact) mass is 253 g/mol. The first-order valence-electron chi connectivity index (χ1n) is 5.75. The predicted octanol–water partition coefficient (Wildman–Crippen LogP) is 0.979. The summed E-state index contributed by atoms with van der Waals surface area (Å²) >= 11 is 0. The van der Waals surface area contributed by atoms with Gasteiger partial charge in [0.15, 0.2) is 11.5 Å². The average molecular weight is 253 g/mol. The number of benzene rings is 1. The third kappa shape index (κ3) is 2.15. The third-order valence-corrected chi connectivity index (χ3v) is 2.72. The second kappa shape index (κ2) is 4.49. The molecule has 6 nitrogen and oxygen atoms in total. The fourth-order valence-electron chi connectivity index (χ4n) is 1.87. The van der Waals surface area contributed by atoms with Gasteiger partial charge in [0.05, 0.1) is 12.5 Å². The Morgan fingerprint density at radius 3 is 2.74 bits per heavy atom. The quantitative estimate of drug-likeness (QED) is 0.753. The second-order valence-corrected chi connectivity index (χ2v) is 4.11. The molecule has 0 aliphatic carbocycles. The first-order chi connectivity index (χ1) is 9.24. The highest BCUT2D eigenvalue weighted by atomic mass is 16.1. The van der Waals surface area contributed by atoms with Crippen molar-refractivity contribution in [1.82, 2.24) is 19.5 Å². The van der Waals surface area contributed by atoms with Crippen molar-refractivity contribution in [1.29, 1.82) is 0 Å². The Kier molecular flexibility index (Phi) is 2.68. The summed E-state index contributed by atoms with van der Waals surface area (Å²) in [5.41, 5.74) is 7.35. The summed E-state index contributed by atoms with van der Waals surface area (Å²) in [6, 6.07) is 9.62. The maximum Gasteiger partial charge on any atom is 0.237 e. The van der Waals surface area contributed by atoms with E-state index in [-0.39, 0.29) is 6.54 Å². The van der Waals surface area contributed by atoms with Gasteiger partial charge >= 0.3 is 0 Å². The van der Waals surface area contributed by atoms with Crippen molar-refractivity contribution in [3.8, 4) is 11.4 Å². The number of rotatable bonds is 3. The molecule has 0 bridgehead atoms. The summed E-state index contributed by atoms with van der Waals surface area (Å²) in [5.74, 6) is 0.165. The molecule has 1 amide bonds. The van der Waals surface area contributed by atoms with Gasteiger partial charge in [0.2, 0.25) is 5.91 Å². The van der Waals surface area contributed by atoms with Gasteiger partial charge in [-0.2, -0.15) is 0 Å². The Bertz CT molecular complexity index is 735. The largest absolute Gasteiger partial charge is 0.368 e. The van der Waals surface area contributed by atoms with Gasteiger partial charge in [-0.05, 0) is 0 Å². The molecule has 0 atom stereocenters. The maximum absolute atomic E-state index is 11.0. The van der Waals surface area contributed by atoms with Crippen molar-refractivity contribution in [3.05, 3.63) is 42.9 Å². The lowest BCUT2D eigenvalue weighted by Crippen LogP contribution is -2.18. The number of amides is 1. The first-order valence-corrected chi connectivity index (χ1v) is 5.75. The van der Waals surface area contributed by atoms with E-state index in [1.54, 1.807) is 17.1 Å². The number of nitrogens with zero attached hydrogens (tertiary/aromatic N) is 4. The molecular formula is C13H11N5O. The zero-order valence-corrected chi connectivity index (χ0v) is 10.0. The number of fused-ring (bicyclic) bond motifs is 1. The molecule has 0 aliphatic rings. The molecule has 3 rings (SSSR count). The molecule has 2 N–H and O–H groups in total. The molecule has 0 fully saturated rings. The summed E-state index contributed by atoms with van der Waals surface area (Å²) in [6.45, 7) is 0.0573. The number of nitrogens with two attached hydrogens (primary N) is 1. The van der Waals surface area contributed by atoms with E-state index < -0.39 is 5.91 Å². The van der Waals surface area contributed by atoms with Crippen LogP contribution in [0.3, 0.4) is 0 Å². The standard InChI is InChI=1S/C13H11N5O/c14-11(19)7-18-8-16-10-6-15-12(17-13(10)18)9-4-2-1-3-5-9/h1-6,8H,7H2,(H2,14,19). The molecule has 6 heteroatoms. The lowest BCUT2D eigenvalue weighted by Gasteiger charge is -2.02. The highest BCUT2D eigenvalue weighted by Crippen LogP contribution is 2.17. The van der Waals surface area contributed by atoms with Crippen molar-refractivity contribution in [2.24, 2.45) is 5.73 Å². The van der Waals surface area contributed by atoms with E-state index in [0.29, 0.717) is 17.0 Å². The molecule has 2 heterocycles. The van der Waals surface area contributed by atoms with Crippen LogP contribution in [0.25, 0.3) is 22.6 Å². The number of imidazole rings is 1. The van der Waals surface area contributed by atoms with Crippen LogP contribution in [0.2, 0.25) is 0 Å². The van der Waals surface area contributed by atoms with Crippen LogP contribution in [0.5, 0.6) is 0 Å². The summed E-state index contributed by atoms with van der Waals surface area (Å²) in [4.78, 5) is 23.8. The topological polar surface area (TPSA) is 86.7 Å². The van der Waals surface area contributed by atoms with Crippen LogP contribution in [-0.4, -0.2) is 25.4 Å². The van der Waals surface area contributed by atoms with Crippen LogP contribution in [0.4, 0.5) is 0 Å². The van der Waals surface area contributed by atoms with Gasteiger partial charge < -0.3 is 10.3 Å². The lowest BCUT2D eigenvalue weighted by molar-refractivity contribution is -0.118. The molecule has 1 aromatic carbocycles. The van der Waals surface area contributed by atoms with Crippen LogP contribution in [0.15, 0.2) is 42.9 Å². The minimum Gasteiger partial charge on any atom is -0.368 e. The summed E-state index contributed by atoms with van der Waals surface area (Å²) < 4.78 is 1.62. The van der Waals surface area contributed by atoms with E-state index in [0.717, 1.165) is 5.56 Å². The Hall–Kier alpha value is -2.76. The highest BCUT2D eigenvalue weighted by molar-refractivity contribution is 5.78. The van der Waals surface area contributed by atoms with Crippen LogP contribution < -0.4 is 5.73 Å². The van der Waals surface area contributed by atoms with Crippen LogP contribution in [0, 0.1) is 0 Å². The molecule has 0 saturated carbocycles. The van der Waals surface area contributed by atoms with E-state index in [1.165, 1.54) is 0 Å². The lowest BCUT2D eigenvalue weighted by atomic mass is 10.2. The Morgan fingerprint density at radius 1 is 1.21 bits per heavy atom. The normalized spacial score (nSPS) is 10.7. The fraction of sp³-hybridized carbons (Fsp3) is 0.0769. The predicted molar refractivity (Wildman–Crippen MR) is 70.0 cm³/mol. The van der Waals surface area contributed by atoms with Gasteiger partial charge in [-0.15, -0.1) is 0 Å². The van der Waals surface area contributed by atoms with Crippen LogP contribution in [-0.2, 0) is 11.3 Å². The minimum atomic E-state index is -0.431. The number of carbonyl (C=O) groups is 1. The highest BCUT2D eigenvalue weighted by Gasteiger charge is 2.09. The number of hydrogen-bond acceptors (Lipinski definition) is 4. The van der Waals surface area contributed by atoms with Gasteiger partial charge in [-0.25, -0.2) is 15.0 Å². The number of aromatic nitrogens is 4. The first kappa shape index (κ1) is 11.3. The van der Waals surface area contributed by atoms with E-state index in [9.17, 15) is 4.79 Å². The zero-order valence-electron chi connectivity index (χ0n) is 10.0. The van der Waals surface area contributed by atoms with Gasteiger partial charge in [0, 0.05) is 5.56 Å². The molecule has 0 radical (unpaired) electrons. The number of hydrogen-bond donors (Lipinski definition) is 1. The summed E-state index contributed by atoms with van der Waals surface area (Å²) in [6.07, 6.45) is 3.18. The van der Waals surface area contributed by atoms with E-state index in [1.807, 2.05) is 30.3 Å². The van der Waals surface area contributed by atoms with E-state index in [2.05, 4.69) is 15.0 Å². The van der Waals surface area contributed by atoms with Gasteiger partial charge in [-0.3, -0.25) is 4.79 Å². The molecule has 94 valence electrons. The molecule has 3 aromatic rings. The zero-order chi connectivity index (χ0) is 13.2. The maximum atomic E-state index is 11.0. The second-order valence-electron chi connectivity index (χ2n) is 4.11. The van der Waals surface area contributed by atoms with Crippen molar-refractivity contribution < 1.29 is 4.79 Å². The smallest absolute Gasteiger partial charge is 0.237 e. The average Bonchev–Trinajstić information content (AvgIpc) is 2.82. The molecule has 0 spiro atoms. The van der Waals surface area contributed by atoms with E-state index >= 15 is 0 Å². The fourth-order valence-corrected chi connectivity index (χ4v) is 1.87. The van der Waals surface area contributed by atoms with Crippen LogP contribution >= 0.6 is 0 Å². The van der Waals surface area contributed by atoms with Crippen LogP contribution in [0.1, 0.15) is 0 Å². The summed E-state index contributed by atoms with van der Waals surface area (Å²) in [5, 5.41) is 0. The minimum absolute atomic E-state index is 0.0573. The molecule has 2 aromatic heterocycles.